The van der Waals surface area contributed by atoms with Crippen LogP contribution < -0.4 is 0 Å². The Morgan fingerprint density at radius 1 is 0.600 bits per heavy atom. The van der Waals surface area contributed by atoms with Crippen LogP contribution in [0.4, 0.5) is 0 Å². The molecule has 0 radical (unpaired) electrons. The molecule has 0 saturated heterocycles. The zero-order chi connectivity index (χ0) is 22.5. The monoisotopic (exact) mass is 443 g/mol. The topological polar surface area (TPSA) is 21.7 Å². The van der Waals surface area contributed by atoms with E-state index in [1.807, 2.05) is 0 Å². The summed E-state index contributed by atoms with van der Waals surface area (Å²) in [6.07, 6.45) is 25.4. The summed E-state index contributed by atoms with van der Waals surface area (Å²) >= 11 is 0. The molecule has 0 aromatic rings. The molecule has 3 nitrogen and oxygen atoms in total. The molecule has 1 unspecified atom stereocenters. The number of rotatable bonds is 23. The summed E-state index contributed by atoms with van der Waals surface area (Å²) < 4.78 is 11.2. The van der Waals surface area contributed by atoms with E-state index in [9.17, 15) is 0 Å². The van der Waals surface area contributed by atoms with Gasteiger partial charge in [-0.25, -0.2) is 0 Å². The molecule has 0 N–H and O–H groups in total. The summed E-state index contributed by atoms with van der Waals surface area (Å²) in [5.74, 6) is 0. The average Bonchev–Trinajstić information content (AvgIpc) is 2.74. The maximum atomic E-state index is 5.62. The van der Waals surface area contributed by atoms with Gasteiger partial charge in [0.25, 0.3) is 0 Å². The fourth-order valence-electron chi connectivity index (χ4n) is 4.36. The van der Waals surface area contributed by atoms with E-state index >= 15 is 0 Å². The Kier molecular flexibility index (Phi) is 21.0. The second kappa shape index (κ2) is 21.0. The lowest BCUT2D eigenvalue weighted by molar-refractivity contribution is 0.235. The van der Waals surface area contributed by atoms with Gasteiger partial charge in [0.2, 0.25) is 0 Å². The van der Waals surface area contributed by atoms with E-state index in [4.69, 9.17) is 8.85 Å². The molecule has 1 atom stereocenters. The minimum atomic E-state index is -1.89. The predicted octanol–water partition coefficient (Wildman–Crippen LogP) is 8.32. The van der Waals surface area contributed by atoms with Crippen molar-refractivity contribution in [3.05, 3.63) is 0 Å². The van der Waals surface area contributed by atoms with Gasteiger partial charge in [0, 0.05) is 20.3 Å². The Labute approximate surface area is 191 Å². The molecule has 4 heteroatoms. The molecule has 0 aliphatic rings. The first-order valence-electron chi connectivity index (χ1n) is 13.3. The van der Waals surface area contributed by atoms with Gasteiger partial charge in [0.1, 0.15) is 0 Å². The molecular weight excluding hydrogens is 386 g/mol. The molecule has 0 aromatic heterocycles. The summed E-state index contributed by atoms with van der Waals surface area (Å²) in [6.45, 7) is 4.47. The van der Waals surface area contributed by atoms with Gasteiger partial charge in [-0.15, -0.1) is 0 Å². The van der Waals surface area contributed by atoms with Crippen LogP contribution >= 0.6 is 0 Å². The molecule has 0 bridgehead atoms. The lowest BCUT2D eigenvalue weighted by Gasteiger charge is -2.27. The van der Waals surface area contributed by atoms with Gasteiger partial charge < -0.3 is 13.8 Å². The standard InChI is InChI=1S/C26H57NO2Si/c1-7-8-9-10-11-12-13-14-15-16-17-18-19-20-21-23-26(27(2)3)24-22-25-30(6,28-4)29-5/h26H,7-25H2,1-6H3. The smallest absolute Gasteiger partial charge is 0.334 e. The van der Waals surface area contributed by atoms with E-state index in [0.29, 0.717) is 6.04 Å². The Morgan fingerprint density at radius 2 is 0.967 bits per heavy atom. The number of nitrogens with zero attached hydrogens (tertiary/aromatic N) is 1. The first kappa shape index (κ1) is 30.1. The minimum absolute atomic E-state index is 0.707. The maximum absolute atomic E-state index is 5.62. The van der Waals surface area contributed by atoms with E-state index in [2.05, 4.69) is 32.5 Å². The fraction of sp³-hybridized carbons (Fsp3) is 1.00. The van der Waals surface area contributed by atoms with Crippen molar-refractivity contribution in [1.82, 2.24) is 4.90 Å². The van der Waals surface area contributed by atoms with Crippen LogP contribution in [-0.4, -0.2) is 47.8 Å². The van der Waals surface area contributed by atoms with Crippen molar-refractivity contribution < 1.29 is 8.85 Å². The normalized spacial score (nSPS) is 13.3. The molecule has 30 heavy (non-hydrogen) atoms. The van der Waals surface area contributed by atoms with Crippen LogP contribution in [0.2, 0.25) is 12.6 Å². The van der Waals surface area contributed by atoms with Gasteiger partial charge in [-0.05, 0) is 45.9 Å². The van der Waals surface area contributed by atoms with Crippen LogP contribution in [0.1, 0.15) is 122 Å². The quantitative estimate of drug-likeness (QED) is 0.117. The van der Waals surface area contributed by atoms with E-state index in [1.165, 1.54) is 116 Å². The third-order valence-corrected chi connectivity index (χ3v) is 9.89. The zero-order valence-corrected chi connectivity index (χ0v) is 22.8. The van der Waals surface area contributed by atoms with Crippen LogP contribution in [-0.2, 0) is 8.85 Å². The highest BCUT2D eigenvalue weighted by atomic mass is 28.4. The summed E-state index contributed by atoms with van der Waals surface area (Å²) in [5.41, 5.74) is 0. The Morgan fingerprint density at radius 3 is 1.33 bits per heavy atom. The van der Waals surface area contributed by atoms with Crippen molar-refractivity contribution in [2.24, 2.45) is 0 Å². The molecule has 0 rings (SSSR count). The Bertz CT molecular complexity index is 348. The molecule has 0 saturated carbocycles. The maximum Gasteiger partial charge on any atom is 0.334 e. The number of unbranched alkanes of at least 4 members (excludes halogenated alkanes) is 14. The highest BCUT2D eigenvalue weighted by molar-refractivity contribution is 6.65. The lowest BCUT2D eigenvalue weighted by atomic mass is 10.0. The summed E-state index contributed by atoms with van der Waals surface area (Å²) in [6, 6.07) is 1.81. The minimum Gasteiger partial charge on any atom is -0.398 e. The lowest BCUT2D eigenvalue weighted by Crippen LogP contribution is -2.36. The van der Waals surface area contributed by atoms with E-state index in [0.717, 1.165) is 6.04 Å². The summed E-state index contributed by atoms with van der Waals surface area (Å²) in [4.78, 5) is 2.42. The first-order valence-corrected chi connectivity index (χ1v) is 15.8. The third-order valence-electron chi connectivity index (χ3n) is 6.90. The Hall–Kier alpha value is 0.0969. The van der Waals surface area contributed by atoms with E-state index in [-0.39, 0.29) is 0 Å². The van der Waals surface area contributed by atoms with Crippen LogP contribution in [0.5, 0.6) is 0 Å². The van der Waals surface area contributed by atoms with Gasteiger partial charge in [0.15, 0.2) is 0 Å². The van der Waals surface area contributed by atoms with Gasteiger partial charge in [-0.1, -0.05) is 103 Å². The van der Waals surface area contributed by atoms with Gasteiger partial charge in [-0.2, -0.15) is 0 Å². The first-order chi connectivity index (χ1) is 14.5. The highest BCUT2D eigenvalue weighted by Crippen LogP contribution is 2.20. The second-order valence-electron chi connectivity index (χ2n) is 9.79. The van der Waals surface area contributed by atoms with E-state index < -0.39 is 8.56 Å². The number of hydrogen-bond acceptors (Lipinski definition) is 3. The van der Waals surface area contributed by atoms with Crippen molar-refractivity contribution >= 4 is 8.56 Å². The van der Waals surface area contributed by atoms with Crippen molar-refractivity contribution in [3.8, 4) is 0 Å². The third kappa shape index (κ3) is 17.7. The largest absolute Gasteiger partial charge is 0.398 e. The highest BCUT2D eigenvalue weighted by Gasteiger charge is 2.28. The van der Waals surface area contributed by atoms with Crippen LogP contribution in [0.15, 0.2) is 0 Å². The number of hydrogen-bond donors (Lipinski definition) is 0. The van der Waals surface area contributed by atoms with Gasteiger partial charge in [-0.3, -0.25) is 0 Å². The predicted molar refractivity (Wildman–Crippen MR) is 137 cm³/mol. The average molecular weight is 444 g/mol. The fourth-order valence-corrected chi connectivity index (χ4v) is 5.78. The molecule has 0 heterocycles. The second-order valence-corrected chi connectivity index (χ2v) is 13.4. The molecular formula is C26H57NO2Si. The summed E-state index contributed by atoms with van der Waals surface area (Å²) in [5, 5.41) is 0. The molecule has 0 aliphatic heterocycles. The molecule has 0 spiro atoms. The van der Waals surface area contributed by atoms with Crippen LogP contribution in [0.3, 0.4) is 0 Å². The molecule has 182 valence electrons. The van der Waals surface area contributed by atoms with Crippen molar-refractivity contribution in [2.75, 3.05) is 28.3 Å². The molecule has 0 aromatic carbocycles. The Balaban J connectivity index is 3.53. The van der Waals surface area contributed by atoms with Gasteiger partial charge in [0.05, 0.1) is 0 Å². The molecule has 0 amide bonds. The van der Waals surface area contributed by atoms with Crippen LogP contribution in [0, 0.1) is 0 Å². The zero-order valence-electron chi connectivity index (χ0n) is 21.8. The SMILES string of the molecule is CCCCCCCCCCCCCCCCCC(CCC[Si](C)(OC)OC)N(C)C. The molecule has 0 fully saturated rings. The molecule has 0 aliphatic carbocycles. The summed E-state index contributed by atoms with van der Waals surface area (Å²) in [7, 11) is 6.18. The van der Waals surface area contributed by atoms with Crippen molar-refractivity contribution in [2.45, 2.75) is 141 Å². The van der Waals surface area contributed by atoms with Crippen molar-refractivity contribution in [1.29, 1.82) is 0 Å². The van der Waals surface area contributed by atoms with Crippen LogP contribution in [0.25, 0.3) is 0 Å². The van der Waals surface area contributed by atoms with Crippen molar-refractivity contribution in [3.63, 3.8) is 0 Å². The van der Waals surface area contributed by atoms with Gasteiger partial charge >= 0.3 is 8.56 Å². The van der Waals surface area contributed by atoms with E-state index in [1.54, 1.807) is 14.2 Å².